The Morgan fingerprint density at radius 1 is 1.14 bits per heavy atom. The zero-order chi connectivity index (χ0) is 31.2. The van der Waals surface area contributed by atoms with E-state index in [2.05, 4.69) is 0 Å². The van der Waals surface area contributed by atoms with Gasteiger partial charge in [-0.25, -0.2) is 14.4 Å². The van der Waals surface area contributed by atoms with Gasteiger partial charge in [-0.05, 0) is 46.1 Å². The van der Waals surface area contributed by atoms with Gasteiger partial charge in [0.15, 0.2) is 6.10 Å². The molecular formula is C33H44O10. The lowest BCUT2D eigenvalue weighted by Crippen LogP contribution is -2.57. The maximum Gasteiger partial charge on any atom is 0.508 e. The highest BCUT2D eigenvalue weighted by Crippen LogP contribution is 2.61. The van der Waals surface area contributed by atoms with Crippen LogP contribution in [0.2, 0.25) is 0 Å². The second kappa shape index (κ2) is 12.2. The molecular weight excluding hydrogens is 556 g/mol. The number of ether oxygens (including phenoxy) is 6. The number of aliphatic hydroxyl groups excluding tert-OH is 1. The van der Waals surface area contributed by atoms with Crippen molar-refractivity contribution in [3.8, 4) is 0 Å². The van der Waals surface area contributed by atoms with E-state index in [0.29, 0.717) is 12.0 Å². The maximum atomic E-state index is 13.5. The number of rotatable bonds is 6. The first-order valence-electron chi connectivity index (χ1n) is 15.3. The Morgan fingerprint density at radius 2 is 1.88 bits per heavy atom. The van der Waals surface area contributed by atoms with E-state index < -0.39 is 66.2 Å². The van der Waals surface area contributed by atoms with Crippen LogP contribution in [0.15, 0.2) is 47.6 Å². The molecule has 1 N–H and O–H groups in total. The van der Waals surface area contributed by atoms with Crippen molar-refractivity contribution >= 4 is 18.1 Å². The van der Waals surface area contributed by atoms with Crippen molar-refractivity contribution in [2.75, 3.05) is 7.11 Å². The van der Waals surface area contributed by atoms with Crippen LogP contribution in [0.4, 0.5) is 4.79 Å². The van der Waals surface area contributed by atoms with Crippen molar-refractivity contribution in [1.29, 1.82) is 0 Å². The minimum Gasteiger partial charge on any atom is -0.456 e. The van der Waals surface area contributed by atoms with E-state index in [1.54, 1.807) is 26.8 Å². The summed E-state index contributed by atoms with van der Waals surface area (Å²) in [5, 5.41) is 11.9. The Kier molecular flexibility index (Phi) is 8.94. The number of esters is 2. The fraction of sp³-hybridized carbons (Fsp3) is 0.667. The smallest absolute Gasteiger partial charge is 0.456 e. The molecule has 1 saturated heterocycles. The number of methoxy groups -OCH3 is 1. The average molecular weight is 601 g/mol. The van der Waals surface area contributed by atoms with Gasteiger partial charge in [-0.15, -0.1) is 0 Å². The summed E-state index contributed by atoms with van der Waals surface area (Å²) >= 11 is 0. The standard InChI is InChI=1S/C33H44O10/c1-16(2)39-32(37)40-20(6)27-17(3)14-18(4)33-22(15-24(38-7)31(36)41-27)12-13-23-25(33)26(34)19(5)28(29(23)43-33)42-30(35)21-10-8-9-11-21/h8-10,12-14,16-17,19-20,22-29,34H,11,15H2,1-7H3/b18-14+/t17-,19-,20-,22-,23-,24+,25+,26-,27+,28-,29-,33+/m1/s1. The van der Waals surface area contributed by atoms with Crippen LogP contribution < -0.4 is 0 Å². The molecule has 43 heavy (non-hydrogen) atoms. The molecule has 0 unspecified atom stereocenters. The molecule has 3 aliphatic carbocycles. The van der Waals surface area contributed by atoms with Crippen molar-refractivity contribution in [3.05, 3.63) is 47.6 Å². The zero-order valence-corrected chi connectivity index (χ0v) is 25.9. The summed E-state index contributed by atoms with van der Waals surface area (Å²) < 4.78 is 35.3. The molecule has 2 aliphatic heterocycles. The van der Waals surface area contributed by atoms with E-state index in [0.717, 1.165) is 5.57 Å². The summed E-state index contributed by atoms with van der Waals surface area (Å²) in [5.74, 6) is -2.64. The summed E-state index contributed by atoms with van der Waals surface area (Å²) in [6, 6.07) is 0. The molecule has 1 saturated carbocycles. The van der Waals surface area contributed by atoms with Crippen LogP contribution in [0.25, 0.3) is 0 Å². The van der Waals surface area contributed by atoms with Gasteiger partial charge in [0.1, 0.15) is 30.0 Å². The Labute approximate surface area is 253 Å². The summed E-state index contributed by atoms with van der Waals surface area (Å²) in [4.78, 5) is 38.8. The Morgan fingerprint density at radius 3 is 2.53 bits per heavy atom. The topological polar surface area (TPSA) is 127 Å². The fourth-order valence-corrected chi connectivity index (χ4v) is 7.72. The van der Waals surface area contributed by atoms with Gasteiger partial charge in [0.25, 0.3) is 0 Å². The van der Waals surface area contributed by atoms with E-state index in [4.69, 9.17) is 28.4 Å². The molecule has 0 amide bonds. The van der Waals surface area contributed by atoms with Crippen molar-refractivity contribution in [2.45, 2.75) is 103 Å². The largest absolute Gasteiger partial charge is 0.508 e. The van der Waals surface area contributed by atoms with Gasteiger partial charge in [0.2, 0.25) is 0 Å². The Hall–Kier alpha value is -2.95. The van der Waals surface area contributed by atoms with Crippen LogP contribution in [0.3, 0.4) is 0 Å². The van der Waals surface area contributed by atoms with Gasteiger partial charge in [0, 0.05) is 42.3 Å². The molecule has 0 aromatic rings. The summed E-state index contributed by atoms with van der Waals surface area (Å²) in [5.41, 5.74) is 0.449. The van der Waals surface area contributed by atoms with Crippen LogP contribution in [0.5, 0.6) is 0 Å². The van der Waals surface area contributed by atoms with Crippen molar-refractivity contribution in [3.63, 3.8) is 0 Å². The first-order chi connectivity index (χ1) is 20.4. The number of hydrogen-bond acceptors (Lipinski definition) is 10. The molecule has 0 aromatic heterocycles. The van der Waals surface area contributed by atoms with Gasteiger partial charge < -0.3 is 33.5 Å². The van der Waals surface area contributed by atoms with Gasteiger partial charge in [0.05, 0.1) is 12.2 Å². The molecule has 5 rings (SSSR count). The van der Waals surface area contributed by atoms with Gasteiger partial charge in [-0.3, -0.25) is 0 Å². The summed E-state index contributed by atoms with van der Waals surface area (Å²) in [6.07, 6.45) is 6.49. The van der Waals surface area contributed by atoms with Gasteiger partial charge in [-0.1, -0.05) is 50.3 Å². The van der Waals surface area contributed by atoms with Crippen molar-refractivity contribution < 1.29 is 47.9 Å². The minimum atomic E-state index is -0.985. The summed E-state index contributed by atoms with van der Waals surface area (Å²) in [6.45, 7) is 10.8. The lowest BCUT2D eigenvalue weighted by atomic mass is 9.57. The zero-order valence-electron chi connectivity index (χ0n) is 25.9. The van der Waals surface area contributed by atoms with E-state index >= 15 is 0 Å². The predicted octanol–water partition coefficient (Wildman–Crippen LogP) is 4.21. The highest BCUT2D eigenvalue weighted by molar-refractivity contribution is 5.90. The van der Waals surface area contributed by atoms with Crippen molar-refractivity contribution in [1.82, 2.24) is 0 Å². The molecule has 12 atom stereocenters. The fourth-order valence-electron chi connectivity index (χ4n) is 7.72. The minimum absolute atomic E-state index is 0.200. The second-order valence-corrected chi connectivity index (χ2v) is 12.8. The van der Waals surface area contributed by atoms with Crippen molar-refractivity contribution in [2.24, 2.45) is 29.6 Å². The van der Waals surface area contributed by atoms with E-state index in [1.807, 2.05) is 51.2 Å². The maximum absolute atomic E-state index is 13.5. The van der Waals surface area contributed by atoms with Gasteiger partial charge >= 0.3 is 18.1 Å². The molecule has 2 fully saturated rings. The average Bonchev–Trinajstić information content (AvgIpc) is 3.54. The molecule has 10 nitrogen and oxygen atoms in total. The van der Waals surface area contributed by atoms with E-state index in [9.17, 15) is 19.5 Å². The molecule has 0 aromatic carbocycles. The highest BCUT2D eigenvalue weighted by Gasteiger charge is 2.69. The molecule has 236 valence electrons. The van der Waals surface area contributed by atoms with Crippen LogP contribution >= 0.6 is 0 Å². The van der Waals surface area contributed by atoms with Crippen LogP contribution in [0.1, 0.15) is 54.4 Å². The van der Waals surface area contributed by atoms with Gasteiger partial charge in [-0.2, -0.15) is 0 Å². The summed E-state index contributed by atoms with van der Waals surface area (Å²) in [7, 11) is 1.45. The number of allylic oxidation sites excluding steroid dienone is 3. The predicted molar refractivity (Wildman–Crippen MR) is 154 cm³/mol. The third-order valence-electron chi connectivity index (χ3n) is 9.75. The number of hydrogen-bond donors (Lipinski definition) is 1. The molecule has 5 aliphatic rings. The third kappa shape index (κ3) is 5.58. The molecule has 4 bridgehead atoms. The van der Waals surface area contributed by atoms with E-state index in [1.165, 1.54) is 7.11 Å². The van der Waals surface area contributed by atoms with Crippen LogP contribution in [-0.2, 0) is 38.0 Å². The number of cyclic esters (lactones) is 1. The Bertz CT molecular complexity index is 1230. The van der Waals surface area contributed by atoms with Crippen LogP contribution in [-0.4, -0.2) is 78.6 Å². The lowest BCUT2D eigenvalue weighted by Gasteiger charge is -2.49. The number of carbonyl (C=O) groups is 3. The number of carbonyl (C=O) groups excluding carboxylic acids is 3. The third-order valence-corrected chi connectivity index (χ3v) is 9.75. The molecule has 1 spiro atoms. The van der Waals surface area contributed by atoms with E-state index in [-0.39, 0.29) is 36.2 Å². The quantitative estimate of drug-likeness (QED) is 0.269. The molecule has 10 heteroatoms. The Balaban J connectivity index is 1.51. The first kappa shape index (κ1) is 31.5. The molecule has 0 radical (unpaired) electrons. The van der Waals surface area contributed by atoms with Crippen LogP contribution in [0, 0.1) is 29.6 Å². The highest BCUT2D eigenvalue weighted by atomic mass is 16.7. The second-order valence-electron chi connectivity index (χ2n) is 12.8. The monoisotopic (exact) mass is 600 g/mol. The normalized spacial score (nSPS) is 41.8. The molecule has 2 heterocycles. The first-order valence-corrected chi connectivity index (χ1v) is 15.3. The SMILES string of the molecule is CO[C@H]1C[C@H]2C=C[C@H]3[C@H]4O[C@]2(/C(C)=C/[C@@H](C)[C@@H]([C@@H](C)OC(=O)OC(C)C)OC1=O)[C@@H]3[C@H](O)[C@@H](C)[C@H]4OC(=O)C1=CC=CC1. The lowest BCUT2D eigenvalue weighted by molar-refractivity contribution is -0.174. The number of aliphatic hydroxyl groups is 1.